The molecule has 0 aliphatic carbocycles. The zero-order valence-electron chi connectivity index (χ0n) is 11.9. The van der Waals surface area contributed by atoms with E-state index in [1.165, 1.54) is 0 Å². The van der Waals surface area contributed by atoms with Crippen LogP contribution in [0.25, 0.3) is 10.9 Å². The molecule has 0 aliphatic heterocycles. The number of nitrogens with one attached hydrogen (secondary N) is 3. The van der Waals surface area contributed by atoms with Crippen LogP contribution in [0.1, 0.15) is 31.3 Å². The monoisotopic (exact) mass is 273 g/mol. The highest BCUT2D eigenvalue weighted by Crippen LogP contribution is 2.14. The second-order valence-electron chi connectivity index (χ2n) is 5.13. The Kier molecular flexibility index (Phi) is 4.08. The van der Waals surface area contributed by atoms with Gasteiger partial charge in [0.1, 0.15) is 11.7 Å². The number of fused-ring (bicyclic) bond motifs is 1. The molecule has 106 valence electrons. The normalized spacial score (nSPS) is 12.4. The molecular formula is C15H19N3O2. The summed E-state index contributed by atoms with van der Waals surface area (Å²) in [5.41, 5.74) is 1.35. The van der Waals surface area contributed by atoms with E-state index in [4.69, 9.17) is 0 Å². The van der Waals surface area contributed by atoms with Crippen molar-refractivity contribution in [3.8, 4) is 0 Å². The van der Waals surface area contributed by atoms with Crippen LogP contribution < -0.4 is 10.6 Å². The average Bonchev–Trinajstić information content (AvgIpc) is 2.81. The van der Waals surface area contributed by atoms with Gasteiger partial charge in [-0.15, -0.1) is 0 Å². The lowest BCUT2D eigenvalue weighted by molar-refractivity contribution is -0.123. The fraction of sp³-hybridized carbons (Fsp3) is 0.333. The molecule has 2 amide bonds. The van der Waals surface area contributed by atoms with Gasteiger partial charge in [-0.05, 0) is 32.9 Å². The third kappa shape index (κ3) is 3.17. The molecule has 2 aromatic rings. The number of carbonyl (C=O) groups is 2. The molecule has 1 unspecified atom stereocenters. The Morgan fingerprint density at radius 3 is 2.45 bits per heavy atom. The first-order chi connectivity index (χ1) is 9.47. The van der Waals surface area contributed by atoms with Gasteiger partial charge < -0.3 is 15.6 Å². The van der Waals surface area contributed by atoms with Gasteiger partial charge in [-0.2, -0.15) is 0 Å². The number of H-pyrrole nitrogens is 1. The lowest BCUT2D eigenvalue weighted by Crippen LogP contribution is -2.46. The average molecular weight is 273 g/mol. The number of amides is 2. The van der Waals surface area contributed by atoms with Gasteiger partial charge in [-0.1, -0.05) is 18.2 Å². The van der Waals surface area contributed by atoms with Crippen molar-refractivity contribution in [1.29, 1.82) is 0 Å². The van der Waals surface area contributed by atoms with E-state index in [0.717, 1.165) is 10.9 Å². The van der Waals surface area contributed by atoms with Crippen molar-refractivity contribution in [2.45, 2.75) is 32.9 Å². The Morgan fingerprint density at radius 2 is 1.80 bits per heavy atom. The molecule has 2 rings (SSSR count). The number of benzene rings is 1. The molecule has 20 heavy (non-hydrogen) atoms. The van der Waals surface area contributed by atoms with Crippen LogP contribution in [0.2, 0.25) is 0 Å². The second kappa shape index (κ2) is 5.77. The van der Waals surface area contributed by atoms with Crippen LogP contribution in [-0.4, -0.2) is 28.9 Å². The molecule has 0 spiro atoms. The summed E-state index contributed by atoms with van der Waals surface area (Å²) >= 11 is 0. The summed E-state index contributed by atoms with van der Waals surface area (Å²) in [6.45, 7) is 5.42. The van der Waals surface area contributed by atoms with E-state index in [1.807, 2.05) is 38.1 Å². The molecule has 3 N–H and O–H groups in total. The maximum atomic E-state index is 12.1. The Morgan fingerprint density at radius 1 is 1.10 bits per heavy atom. The first-order valence-electron chi connectivity index (χ1n) is 6.66. The predicted octanol–water partition coefficient (Wildman–Crippen LogP) is 1.81. The van der Waals surface area contributed by atoms with E-state index >= 15 is 0 Å². The van der Waals surface area contributed by atoms with E-state index in [1.54, 1.807) is 13.0 Å². The van der Waals surface area contributed by atoms with Crippen LogP contribution >= 0.6 is 0 Å². The minimum Gasteiger partial charge on any atom is -0.352 e. The number of hydrogen-bond acceptors (Lipinski definition) is 2. The van der Waals surface area contributed by atoms with E-state index < -0.39 is 6.04 Å². The molecule has 0 bridgehead atoms. The fourth-order valence-electron chi connectivity index (χ4n) is 1.95. The zero-order valence-corrected chi connectivity index (χ0v) is 11.9. The summed E-state index contributed by atoms with van der Waals surface area (Å²) < 4.78 is 0. The van der Waals surface area contributed by atoms with Crippen LogP contribution in [0.15, 0.2) is 30.3 Å². The molecule has 1 aromatic carbocycles. The molecule has 5 heteroatoms. The maximum Gasteiger partial charge on any atom is 0.268 e. The highest BCUT2D eigenvalue weighted by atomic mass is 16.2. The zero-order chi connectivity index (χ0) is 14.7. The largest absolute Gasteiger partial charge is 0.352 e. The van der Waals surface area contributed by atoms with Crippen LogP contribution in [0.3, 0.4) is 0 Å². The van der Waals surface area contributed by atoms with Gasteiger partial charge in [-0.25, -0.2) is 0 Å². The Bertz CT molecular complexity index is 598. The Hall–Kier alpha value is -2.30. The van der Waals surface area contributed by atoms with Gasteiger partial charge in [0, 0.05) is 16.9 Å². The second-order valence-corrected chi connectivity index (χ2v) is 5.13. The Balaban J connectivity index is 2.06. The van der Waals surface area contributed by atoms with Gasteiger partial charge in [0.2, 0.25) is 5.91 Å². The quantitative estimate of drug-likeness (QED) is 0.795. The summed E-state index contributed by atoms with van der Waals surface area (Å²) in [5, 5.41) is 6.41. The van der Waals surface area contributed by atoms with Gasteiger partial charge >= 0.3 is 0 Å². The lowest BCUT2D eigenvalue weighted by atomic mass is 10.2. The number of para-hydroxylation sites is 1. The van der Waals surface area contributed by atoms with E-state index in [9.17, 15) is 9.59 Å². The molecule has 0 radical (unpaired) electrons. The van der Waals surface area contributed by atoms with Gasteiger partial charge in [0.25, 0.3) is 5.91 Å². The highest BCUT2D eigenvalue weighted by molar-refractivity contribution is 6.00. The summed E-state index contributed by atoms with van der Waals surface area (Å²) in [6, 6.07) is 8.90. The summed E-state index contributed by atoms with van der Waals surface area (Å²) in [6.07, 6.45) is 0. The topological polar surface area (TPSA) is 74.0 Å². The van der Waals surface area contributed by atoms with Crippen LogP contribution in [0.5, 0.6) is 0 Å². The van der Waals surface area contributed by atoms with Crippen LogP contribution in [-0.2, 0) is 4.79 Å². The predicted molar refractivity (Wildman–Crippen MR) is 78.5 cm³/mol. The molecule has 5 nitrogen and oxygen atoms in total. The summed E-state index contributed by atoms with van der Waals surface area (Å²) in [5.74, 6) is -0.475. The minimum atomic E-state index is -0.573. The van der Waals surface area contributed by atoms with E-state index in [2.05, 4.69) is 15.6 Å². The number of aromatic nitrogens is 1. The van der Waals surface area contributed by atoms with Crippen molar-refractivity contribution in [3.05, 3.63) is 36.0 Å². The van der Waals surface area contributed by atoms with Crippen molar-refractivity contribution in [2.75, 3.05) is 0 Å². The van der Waals surface area contributed by atoms with E-state index in [0.29, 0.717) is 5.69 Å². The van der Waals surface area contributed by atoms with Gasteiger partial charge in [0.05, 0.1) is 0 Å². The fourth-order valence-corrected chi connectivity index (χ4v) is 1.95. The van der Waals surface area contributed by atoms with Gasteiger partial charge in [0.15, 0.2) is 0 Å². The highest BCUT2D eigenvalue weighted by Gasteiger charge is 2.18. The third-order valence-corrected chi connectivity index (χ3v) is 2.95. The number of hydrogen-bond donors (Lipinski definition) is 3. The summed E-state index contributed by atoms with van der Waals surface area (Å²) in [4.78, 5) is 26.9. The Labute approximate surface area is 117 Å². The molecule has 0 saturated heterocycles. The van der Waals surface area contributed by atoms with Crippen molar-refractivity contribution in [3.63, 3.8) is 0 Å². The molecule has 1 heterocycles. The molecule has 1 atom stereocenters. The van der Waals surface area contributed by atoms with Crippen molar-refractivity contribution in [2.24, 2.45) is 0 Å². The minimum absolute atomic E-state index is 0.0509. The molecule has 0 fully saturated rings. The molecule has 1 aromatic heterocycles. The SMILES string of the molecule is CC(C)NC(=O)C(C)NC(=O)c1cc2ccccc2[nH]1. The third-order valence-electron chi connectivity index (χ3n) is 2.95. The van der Waals surface area contributed by atoms with E-state index in [-0.39, 0.29) is 17.9 Å². The smallest absolute Gasteiger partial charge is 0.268 e. The van der Waals surface area contributed by atoms with Crippen LogP contribution in [0.4, 0.5) is 0 Å². The van der Waals surface area contributed by atoms with Gasteiger partial charge in [-0.3, -0.25) is 9.59 Å². The van der Waals surface area contributed by atoms with Crippen molar-refractivity contribution >= 4 is 22.7 Å². The molecule has 0 saturated carbocycles. The number of aromatic amines is 1. The molecule has 0 aliphatic rings. The number of carbonyl (C=O) groups excluding carboxylic acids is 2. The van der Waals surface area contributed by atoms with Crippen molar-refractivity contribution in [1.82, 2.24) is 15.6 Å². The standard InChI is InChI=1S/C15H19N3O2/c1-9(2)16-14(19)10(3)17-15(20)13-8-11-6-4-5-7-12(11)18-13/h4-10,18H,1-3H3,(H,16,19)(H,17,20). The lowest BCUT2D eigenvalue weighted by Gasteiger charge is -2.15. The van der Waals surface area contributed by atoms with Crippen LogP contribution in [0, 0.1) is 0 Å². The number of rotatable bonds is 4. The maximum absolute atomic E-state index is 12.1. The first kappa shape index (κ1) is 14.1. The van der Waals surface area contributed by atoms with Crippen molar-refractivity contribution < 1.29 is 9.59 Å². The first-order valence-corrected chi connectivity index (χ1v) is 6.66. The summed E-state index contributed by atoms with van der Waals surface area (Å²) in [7, 11) is 0. The molecular weight excluding hydrogens is 254 g/mol.